The highest BCUT2D eigenvalue weighted by atomic mass is 19.3. The highest BCUT2D eigenvalue weighted by Gasteiger charge is 2.16. The van der Waals surface area contributed by atoms with Crippen LogP contribution in [0.2, 0.25) is 0 Å². The molecule has 0 saturated heterocycles. The average molecular weight is 399 g/mol. The molecular weight excluding hydrogens is 355 g/mol. The van der Waals surface area contributed by atoms with Gasteiger partial charge in [0, 0.05) is 4.53 Å². The Bertz CT molecular complexity index is 321. The third kappa shape index (κ3) is 27.5. The molecule has 0 bridgehead atoms. The standard InChI is InChI=1S/C19H42N.C2HF3O2/c1-5-6-7-8-9-10-11-12-13-14-15-16-17-18-19-20(2,3)4;3-1(4)2(6)7-5/h5-19H2,1-4H3;1H/q+1;. The molecule has 0 amide bonds. The molecule has 164 valence electrons. The first-order chi connectivity index (χ1) is 12.7. The summed E-state index contributed by atoms with van der Waals surface area (Å²) in [6, 6.07) is 0. The van der Waals surface area contributed by atoms with Crippen LogP contribution in [0.25, 0.3) is 0 Å². The van der Waals surface area contributed by atoms with E-state index in [0.717, 1.165) is 4.48 Å². The summed E-state index contributed by atoms with van der Waals surface area (Å²) in [4.78, 5) is 11.3. The van der Waals surface area contributed by atoms with Gasteiger partial charge in [0.05, 0.1) is 27.7 Å². The topological polar surface area (TPSA) is 26.3 Å². The number of carbonyl (C=O) groups is 1. The number of quaternary nitrogens is 1. The lowest BCUT2D eigenvalue weighted by Gasteiger charge is -2.23. The second-order valence-electron chi connectivity index (χ2n) is 8.31. The van der Waals surface area contributed by atoms with Crippen LogP contribution in [0.1, 0.15) is 96.8 Å². The van der Waals surface area contributed by atoms with Crippen molar-refractivity contribution >= 4 is 5.97 Å². The maximum absolute atomic E-state index is 10.7. The fourth-order valence-electron chi connectivity index (χ4n) is 2.81. The first kappa shape index (κ1) is 28.4. The Kier molecular flexibility index (Phi) is 21.0. The Labute approximate surface area is 165 Å². The van der Waals surface area contributed by atoms with Gasteiger partial charge < -0.3 is 4.48 Å². The largest absolute Gasteiger partial charge is 0.414 e. The number of hydrogen-bond donors (Lipinski definition) is 0. The molecule has 0 aromatic heterocycles. The van der Waals surface area contributed by atoms with Crippen LogP contribution in [0.15, 0.2) is 0 Å². The highest BCUT2D eigenvalue weighted by molar-refractivity contribution is 5.71. The SMILES string of the molecule is CCCCCCCCCCCCCCCC[N+](C)(C)C.O=C(OF)C(F)F. The van der Waals surface area contributed by atoms with Crippen LogP contribution in [-0.4, -0.2) is 44.6 Å². The van der Waals surface area contributed by atoms with Gasteiger partial charge in [-0.05, 0) is 12.8 Å². The number of hydrogen-bond acceptors (Lipinski definition) is 2. The smallest absolute Gasteiger partial charge is 0.331 e. The number of halogens is 3. The van der Waals surface area contributed by atoms with E-state index < -0.39 is 12.4 Å². The van der Waals surface area contributed by atoms with Gasteiger partial charge in [-0.15, -0.1) is 0 Å². The molecule has 0 spiro atoms. The molecule has 0 saturated carbocycles. The van der Waals surface area contributed by atoms with Crippen molar-refractivity contribution in [1.82, 2.24) is 0 Å². The molecule has 0 rings (SSSR count). The average Bonchev–Trinajstić information content (AvgIpc) is 2.60. The number of carbonyl (C=O) groups excluding carboxylic acids is 1. The normalized spacial score (nSPS) is 11.3. The Morgan fingerprint density at radius 2 is 1.07 bits per heavy atom. The third-order valence-corrected chi connectivity index (χ3v) is 4.44. The first-order valence-electron chi connectivity index (χ1n) is 10.7. The fraction of sp³-hybridized carbons (Fsp3) is 0.952. The predicted octanol–water partition coefficient (Wildman–Crippen LogP) is 6.85. The second kappa shape index (κ2) is 20.0. The van der Waals surface area contributed by atoms with Gasteiger partial charge in [0.2, 0.25) is 0 Å². The number of alkyl halides is 2. The summed E-state index contributed by atoms with van der Waals surface area (Å²) in [5.41, 5.74) is 0. The van der Waals surface area contributed by atoms with Crippen LogP contribution in [0.4, 0.5) is 13.3 Å². The third-order valence-electron chi connectivity index (χ3n) is 4.44. The summed E-state index contributed by atoms with van der Waals surface area (Å²) < 4.78 is 32.9. The quantitative estimate of drug-likeness (QED) is 0.210. The maximum Gasteiger partial charge on any atom is 0.414 e. The maximum atomic E-state index is 10.7. The molecule has 27 heavy (non-hydrogen) atoms. The van der Waals surface area contributed by atoms with Crippen molar-refractivity contribution in [3.8, 4) is 0 Å². The Morgan fingerprint density at radius 1 is 0.741 bits per heavy atom. The predicted molar refractivity (Wildman–Crippen MR) is 106 cm³/mol. The van der Waals surface area contributed by atoms with E-state index >= 15 is 0 Å². The summed E-state index contributed by atoms with van der Waals surface area (Å²) in [5.74, 6) is -2.15. The van der Waals surface area contributed by atoms with Crippen molar-refractivity contribution < 1.29 is 27.5 Å². The minimum absolute atomic E-state index is 1.12. The lowest BCUT2D eigenvalue weighted by Crippen LogP contribution is -2.35. The van der Waals surface area contributed by atoms with E-state index in [0.29, 0.717) is 0 Å². The molecule has 0 unspecified atom stereocenters. The Morgan fingerprint density at radius 3 is 1.30 bits per heavy atom. The first-order valence-corrected chi connectivity index (χ1v) is 10.7. The fourth-order valence-corrected chi connectivity index (χ4v) is 2.81. The zero-order valence-electron chi connectivity index (χ0n) is 18.1. The van der Waals surface area contributed by atoms with Gasteiger partial charge in [-0.1, -0.05) is 84.0 Å². The van der Waals surface area contributed by atoms with Gasteiger partial charge in [0.1, 0.15) is 0 Å². The van der Waals surface area contributed by atoms with Gasteiger partial charge in [-0.3, -0.25) is 0 Å². The van der Waals surface area contributed by atoms with E-state index in [2.05, 4.69) is 33.0 Å². The minimum atomic E-state index is -3.37. The lowest BCUT2D eigenvalue weighted by atomic mass is 10.0. The lowest BCUT2D eigenvalue weighted by molar-refractivity contribution is -0.870. The molecular formula is C21H43F3NO2+. The summed E-state index contributed by atoms with van der Waals surface area (Å²) in [6.07, 6.45) is 17.0. The van der Waals surface area contributed by atoms with Crippen molar-refractivity contribution in [2.24, 2.45) is 0 Å². The molecule has 6 heteroatoms. The Hall–Kier alpha value is -0.780. The minimum Gasteiger partial charge on any atom is -0.331 e. The van der Waals surface area contributed by atoms with E-state index in [4.69, 9.17) is 4.79 Å². The number of unbranched alkanes of at least 4 members (excludes halogenated alkanes) is 13. The van der Waals surface area contributed by atoms with Crippen molar-refractivity contribution in [1.29, 1.82) is 0 Å². The van der Waals surface area contributed by atoms with Crippen LogP contribution in [0.5, 0.6) is 0 Å². The molecule has 0 fully saturated rings. The summed E-state index contributed by atoms with van der Waals surface area (Å²) in [5, 5.41) is 0. The van der Waals surface area contributed by atoms with E-state index in [-0.39, 0.29) is 0 Å². The Balaban J connectivity index is 0. The monoisotopic (exact) mass is 398 g/mol. The number of nitrogens with zero attached hydrogens (tertiary/aromatic N) is 1. The van der Waals surface area contributed by atoms with Crippen LogP contribution in [0.3, 0.4) is 0 Å². The van der Waals surface area contributed by atoms with Gasteiger partial charge >= 0.3 is 12.4 Å². The summed E-state index contributed by atoms with van der Waals surface area (Å²) in [6.45, 7) is 3.63. The summed E-state index contributed by atoms with van der Waals surface area (Å²) in [7, 11) is 6.88. The molecule has 3 nitrogen and oxygen atoms in total. The van der Waals surface area contributed by atoms with E-state index in [1.807, 2.05) is 0 Å². The van der Waals surface area contributed by atoms with Crippen molar-refractivity contribution in [3.63, 3.8) is 0 Å². The summed E-state index contributed by atoms with van der Waals surface area (Å²) >= 11 is 0. The molecule has 0 aliphatic carbocycles. The molecule has 0 atom stereocenters. The van der Waals surface area contributed by atoms with Crippen molar-refractivity contribution in [3.05, 3.63) is 0 Å². The van der Waals surface area contributed by atoms with E-state index in [1.165, 1.54) is 96.4 Å². The number of rotatable bonds is 16. The van der Waals surface area contributed by atoms with Crippen LogP contribution < -0.4 is 0 Å². The molecule has 0 N–H and O–H groups in total. The molecule has 0 aromatic carbocycles. The van der Waals surface area contributed by atoms with Gasteiger partial charge in [-0.2, -0.15) is 8.78 Å². The zero-order valence-corrected chi connectivity index (χ0v) is 18.1. The zero-order chi connectivity index (χ0) is 21.0. The molecule has 0 aromatic rings. The van der Waals surface area contributed by atoms with Crippen LogP contribution in [-0.2, 0) is 9.74 Å². The molecule has 0 radical (unpaired) electrons. The molecule has 0 heterocycles. The van der Waals surface area contributed by atoms with Gasteiger partial charge in [0.15, 0.2) is 0 Å². The highest BCUT2D eigenvalue weighted by Crippen LogP contribution is 2.13. The van der Waals surface area contributed by atoms with Crippen LogP contribution in [0, 0.1) is 0 Å². The van der Waals surface area contributed by atoms with Gasteiger partial charge in [0.25, 0.3) is 0 Å². The van der Waals surface area contributed by atoms with E-state index in [9.17, 15) is 13.3 Å². The van der Waals surface area contributed by atoms with Crippen LogP contribution >= 0.6 is 0 Å². The second-order valence-corrected chi connectivity index (χ2v) is 8.31. The molecule has 0 aliphatic rings. The van der Waals surface area contributed by atoms with Crippen molar-refractivity contribution in [2.45, 2.75) is 103 Å². The van der Waals surface area contributed by atoms with Crippen molar-refractivity contribution in [2.75, 3.05) is 27.7 Å². The van der Waals surface area contributed by atoms with Gasteiger partial charge in [-0.25, -0.2) is 9.74 Å². The van der Waals surface area contributed by atoms with E-state index in [1.54, 1.807) is 0 Å². The molecule has 0 aliphatic heterocycles.